The second kappa shape index (κ2) is 5.27. The van der Waals surface area contributed by atoms with Crippen molar-refractivity contribution in [2.45, 2.75) is 9.79 Å². The molecular weight excluding hydrogens is 256 g/mol. The van der Waals surface area contributed by atoms with Gasteiger partial charge >= 0.3 is 0 Å². The Labute approximate surface area is 108 Å². The van der Waals surface area contributed by atoms with Crippen molar-refractivity contribution >= 4 is 17.4 Å². The summed E-state index contributed by atoms with van der Waals surface area (Å²) in [6.45, 7) is 0. The normalized spacial score (nSPS) is 10.4. The van der Waals surface area contributed by atoms with Crippen LogP contribution >= 0.6 is 11.8 Å². The minimum atomic E-state index is -0.860. The molecule has 2 rings (SSSR count). The molecule has 2 aromatic rings. The zero-order valence-electron chi connectivity index (χ0n) is 9.61. The summed E-state index contributed by atoms with van der Waals surface area (Å²) in [6.07, 6.45) is 0. The molecule has 0 saturated heterocycles. The molecule has 2 N–H and O–H groups in total. The molecule has 2 aromatic carbocycles. The Bertz CT molecular complexity index is 575. The highest BCUT2D eigenvalue weighted by atomic mass is 32.2. The van der Waals surface area contributed by atoms with E-state index >= 15 is 0 Å². The van der Waals surface area contributed by atoms with Gasteiger partial charge in [0.05, 0.1) is 12.8 Å². The van der Waals surface area contributed by atoms with Gasteiger partial charge in [0, 0.05) is 9.79 Å². The molecule has 0 aliphatic rings. The van der Waals surface area contributed by atoms with Gasteiger partial charge in [-0.25, -0.2) is 8.78 Å². The lowest BCUT2D eigenvalue weighted by Crippen LogP contribution is -1.92. The van der Waals surface area contributed by atoms with Gasteiger partial charge in [-0.3, -0.25) is 0 Å². The summed E-state index contributed by atoms with van der Waals surface area (Å²) in [6, 6.07) is 9.04. The lowest BCUT2D eigenvalue weighted by atomic mass is 10.3. The van der Waals surface area contributed by atoms with E-state index in [0.717, 1.165) is 17.0 Å². The van der Waals surface area contributed by atoms with Crippen molar-refractivity contribution in [1.82, 2.24) is 0 Å². The third-order valence-electron chi connectivity index (χ3n) is 2.33. The predicted octanol–water partition coefficient (Wildman–Crippen LogP) is 3.71. The van der Waals surface area contributed by atoms with Crippen molar-refractivity contribution in [2.24, 2.45) is 0 Å². The number of anilines is 1. The van der Waals surface area contributed by atoms with E-state index in [2.05, 4.69) is 0 Å². The smallest absolute Gasteiger partial charge is 0.159 e. The zero-order chi connectivity index (χ0) is 13.1. The maximum Gasteiger partial charge on any atom is 0.159 e. The number of ether oxygens (including phenoxy) is 1. The van der Waals surface area contributed by atoms with Crippen LogP contribution in [0.5, 0.6) is 5.75 Å². The number of methoxy groups -OCH3 is 1. The van der Waals surface area contributed by atoms with Crippen molar-refractivity contribution in [3.63, 3.8) is 0 Å². The number of hydrogen-bond donors (Lipinski definition) is 1. The van der Waals surface area contributed by atoms with E-state index in [4.69, 9.17) is 10.5 Å². The van der Waals surface area contributed by atoms with Crippen molar-refractivity contribution in [3.05, 3.63) is 48.0 Å². The maximum absolute atomic E-state index is 13.0. The lowest BCUT2D eigenvalue weighted by Gasteiger charge is -2.07. The monoisotopic (exact) mass is 267 g/mol. The van der Waals surface area contributed by atoms with E-state index < -0.39 is 11.6 Å². The number of benzene rings is 2. The molecule has 0 fully saturated rings. The number of halogens is 2. The van der Waals surface area contributed by atoms with Crippen molar-refractivity contribution in [2.75, 3.05) is 12.8 Å². The van der Waals surface area contributed by atoms with Crippen LogP contribution in [0.4, 0.5) is 14.5 Å². The van der Waals surface area contributed by atoms with Crippen molar-refractivity contribution in [1.29, 1.82) is 0 Å². The number of nitrogens with two attached hydrogens (primary N) is 1. The SMILES string of the molecule is COc1ccc(Sc2ccc(F)c(F)c2)cc1N. The van der Waals surface area contributed by atoms with Gasteiger partial charge < -0.3 is 10.5 Å². The van der Waals surface area contributed by atoms with E-state index in [1.54, 1.807) is 18.2 Å². The molecule has 5 heteroatoms. The van der Waals surface area contributed by atoms with E-state index in [1.165, 1.54) is 24.9 Å². The molecule has 0 saturated carbocycles. The summed E-state index contributed by atoms with van der Waals surface area (Å²) < 4.78 is 30.9. The van der Waals surface area contributed by atoms with Crippen molar-refractivity contribution < 1.29 is 13.5 Å². The first kappa shape index (κ1) is 12.7. The molecule has 0 amide bonds. The van der Waals surface area contributed by atoms with Gasteiger partial charge in [-0.05, 0) is 36.4 Å². The molecule has 0 atom stereocenters. The molecule has 0 heterocycles. The quantitative estimate of drug-likeness (QED) is 0.861. The first-order valence-electron chi connectivity index (χ1n) is 5.16. The minimum Gasteiger partial charge on any atom is -0.495 e. The Balaban J connectivity index is 2.23. The molecule has 0 aromatic heterocycles. The summed E-state index contributed by atoms with van der Waals surface area (Å²) in [4.78, 5) is 1.44. The van der Waals surface area contributed by atoms with Crippen LogP contribution in [-0.2, 0) is 0 Å². The molecule has 0 spiro atoms. The van der Waals surface area contributed by atoms with Crippen LogP contribution < -0.4 is 10.5 Å². The first-order chi connectivity index (χ1) is 8.60. The molecule has 94 valence electrons. The van der Waals surface area contributed by atoms with Crippen LogP contribution in [0.25, 0.3) is 0 Å². The second-order valence-corrected chi connectivity index (χ2v) is 4.73. The molecule has 2 nitrogen and oxygen atoms in total. The van der Waals surface area contributed by atoms with Gasteiger partial charge in [-0.2, -0.15) is 0 Å². The number of hydrogen-bond acceptors (Lipinski definition) is 3. The van der Waals surface area contributed by atoms with Crippen LogP contribution in [-0.4, -0.2) is 7.11 Å². The lowest BCUT2D eigenvalue weighted by molar-refractivity contribution is 0.416. The topological polar surface area (TPSA) is 35.2 Å². The van der Waals surface area contributed by atoms with Crippen LogP contribution in [0.15, 0.2) is 46.2 Å². The summed E-state index contributed by atoms with van der Waals surface area (Å²) >= 11 is 1.30. The fourth-order valence-electron chi connectivity index (χ4n) is 1.45. The summed E-state index contributed by atoms with van der Waals surface area (Å²) in [5, 5.41) is 0. The summed E-state index contributed by atoms with van der Waals surface area (Å²) in [7, 11) is 1.54. The highest BCUT2D eigenvalue weighted by Crippen LogP contribution is 2.32. The number of nitrogen functional groups attached to an aromatic ring is 1. The summed E-state index contributed by atoms with van der Waals surface area (Å²) in [5.74, 6) is -1.13. The molecule has 0 aliphatic heterocycles. The molecule has 0 bridgehead atoms. The second-order valence-electron chi connectivity index (χ2n) is 3.58. The van der Waals surface area contributed by atoms with Crippen LogP contribution in [0.1, 0.15) is 0 Å². The van der Waals surface area contributed by atoms with Gasteiger partial charge in [-0.15, -0.1) is 0 Å². The molecule has 18 heavy (non-hydrogen) atoms. The predicted molar refractivity (Wildman–Crippen MR) is 67.9 cm³/mol. The standard InChI is InChI=1S/C13H11F2NOS/c1-17-13-5-3-9(7-12(13)16)18-8-2-4-10(14)11(15)6-8/h2-7H,16H2,1H3. The third kappa shape index (κ3) is 2.73. The Morgan fingerprint density at radius 1 is 1.00 bits per heavy atom. The summed E-state index contributed by atoms with van der Waals surface area (Å²) in [5.41, 5.74) is 6.27. The van der Waals surface area contributed by atoms with Gasteiger partial charge in [0.25, 0.3) is 0 Å². The Hall–Kier alpha value is -1.75. The average Bonchev–Trinajstić information content (AvgIpc) is 2.34. The largest absolute Gasteiger partial charge is 0.495 e. The highest BCUT2D eigenvalue weighted by Gasteiger charge is 2.06. The van der Waals surface area contributed by atoms with E-state index in [1.807, 2.05) is 0 Å². The van der Waals surface area contributed by atoms with Crippen molar-refractivity contribution in [3.8, 4) is 5.75 Å². The highest BCUT2D eigenvalue weighted by molar-refractivity contribution is 7.99. The van der Waals surface area contributed by atoms with E-state index in [0.29, 0.717) is 16.3 Å². The molecule has 0 radical (unpaired) electrons. The van der Waals surface area contributed by atoms with Gasteiger partial charge in [-0.1, -0.05) is 11.8 Å². The van der Waals surface area contributed by atoms with Gasteiger partial charge in [0.15, 0.2) is 11.6 Å². The zero-order valence-corrected chi connectivity index (χ0v) is 10.4. The van der Waals surface area contributed by atoms with Crippen LogP contribution in [0.2, 0.25) is 0 Å². The van der Waals surface area contributed by atoms with E-state index in [9.17, 15) is 8.78 Å². The first-order valence-corrected chi connectivity index (χ1v) is 5.98. The average molecular weight is 267 g/mol. The molecular formula is C13H11F2NOS. The Morgan fingerprint density at radius 3 is 2.28 bits per heavy atom. The maximum atomic E-state index is 13.0. The third-order valence-corrected chi connectivity index (χ3v) is 3.31. The fourth-order valence-corrected chi connectivity index (χ4v) is 2.34. The number of rotatable bonds is 3. The van der Waals surface area contributed by atoms with Gasteiger partial charge in [0.2, 0.25) is 0 Å². The van der Waals surface area contributed by atoms with Crippen LogP contribution in [0, 0.1) is 11.6 Å². The van der Waals surface area contributed by atoms with E-state index in [-0.39, 0.29) is 0 Å². The fraction of sp³-hybridized carbons (Fsp3) is 0.0769. The van der Waals surface area contributed by atoms with Gasteiger partial charge in [0.1, 0.15) is 5.75 Å². The van der Waals surface area contributed by atoms with Crippen LogP contribution in [0.3, 0.4) is 0 Å². The minimum absolute atomic E-state index is 0.505. The Kier molecular flexibility index (Phi) is 3.72. The molecule has 0 aliphatic carbocycles. The Morgan fingerprint density at radius 2 is 1.67 bits per heavy atom. The molecule has 0 unspecified atom stereocenters.